The molecule has 1 amide bonds. The van der Waals surface area contributed by atoms with Gasteiger partial charge in [-0.15, -0.1) is 0 Å². The van der Waals surface area contributed by atoms with Crippen molar-refractivity contribution in [3.63, 3.8) is 0 Å². The first-order valence-electron chi connectivity index (χ1n) is 8.98. The normalized spacial score (nSPS) is 11.0. The molecule has 0 fully saturated rings. The van der Waals surface area contributed by atoms with Crippen molar-refractivity contribution in [2.24, 2.45) is 0 Å². The third-order valence-electron chi connectivity index (χ3n) is 4.79. The molecule has 2 heterocycles. The van der Waals surface area contributed by atoms with E-state index >= 15 is 0 Å². The minimum atomic E-state index is -0.0842. The summed E-state index contributed by atoms with van der Waals surface area (Å²) in [6, 6.07) is 7.65. The topological polar surface area (TPSA) is 64.7 Å². The fourth-order valence-electron chi connectivity index (χ4n) is 3.02. The predicted molar refractivity (Wildman–Crippen MR) is 109 cm³/mol. The van der Waals surface area contributed by atoms with Crippen molar-refractivity contribution in [2.45, 2.75) is 47.3 Å². The number of nitrogens with one attached hydrogen (secondary N) is 1. The van der Waals surface area contributed by atoms with Crippen LogP contribution in [0.15, 0.2) is 34.9 Å². The number of carbonyl (C=O) groups is 1. The smallest absolute Gasteiger partial charge is 0.251 e. The maximum Gasteiger partial charge on any atom is 0.251 e. The molecule has 0 saturated heterocycles. The number of nitrogens with zero attached hydrogens (tertiary/aromatic N) is 4. The van der Waals surface area contributed by atoms with Gasteiger partial charge in [-0.25, -0.2) is 0 Å². The maximum absolute atomic E-state index is 12.4. The molecular formula is C20H24BrN5O. The van der Waals surface area contributed by atoms with Gasteiger partial charge in [0.25, 0.3) is 5.91 Å². The van der Waals surface area contributed by atoms with Crippen molar-refractivity contribution < 1.29 is 4.79 Å². The lowest BCUT2D eigenvalue weighted by Crippen LogP contribution is -2.23. The highest BCUT2D eigenvalue weighted by Gasteiger charge is 2.11. The molecule has 0 aliphatic rings. The lowest BCUT2D eigenvalue weighted by Gasteiger charge is -2.08. The Labute approximate surface area is 167 Å². The van der Waals surface area contributed by atoms with Crippen molar-refractivity contribution in [3.05, 3.63) is 68.7 Å². The lowest BCUT2D eigenvalue weighted by atomic mass is 10.1. The van der Waals surface area contributed by atoms with Gasteiger partial charge >= 0.3 is 0 Å². The van der Waals surface area contributed by atoms with Gasteiger partial charge in [0.15, 0.2) is 0 Å². The molecule has 0 radical (unpaired) electrons. The van der Waals surface area contributed by atoms with E-state index in [9.17, 15) is 4.79 Å². The average Bonchev–Trinajstić information content (AvgIpc) is 3.14. The Balaban J connectivity index is 1.63. The van der Waals surface area contributed by atoms with E-state index in [2.05, 4.69) is 38.4 Å². The summed E-state index contributed by atoms with van der Waals surface area (Å²) < 4.78 is 4.93. The molecule has 0 aliphatic carbocycles. The van der Waals surface area contributed by atoms with Gasteiger partial charge in [-0.1, -0.05) is 12.1 Å². The van der Waals surface area contributed by atoms with E-state index in [4.69, 9.17) is 0 Å². The van der Waals surface area contributed by atoms with Crippen LogP contribution in [0.25, 0.3) is 0 Å². The zero-order valence-electron chi connectivity index (χ0n) is 16.1. The Morgan fingerprint density at radius 3 is 2.37 bits per heavy atom. The number of hydrogen-bond acceptors (Lipinski definition) is 3. The third kappa shape index (κ3) is 4.13. The van der Waals surface area contributed by atoms with E-state index in [1.165, 1.54) is 0 Å². The fourth-order valence-corrected chi connectivity index (χ4v) is 3.30. The van der Waals surface area contributed by atoms with Crippen molar-refractivity contribution >= 4 is 21.8 Å². The standard InChI is InChI=1S/C20H24BrN5O/c1-5-25-14(3)18(11-23-25)10-22-20(27)17-8-6-16(7-9-17)12-26-15(4)19(21)13(2)24-26/h6-9,11H,5,10,12H2,1-4H3,(H,22,27). The van der Waals surface area contributed by atoms with Gasteiger partial charge in [-0.3, -0.25) is 14.2 Å². The average molecular weight is 430 g/mol. The first-order chi connectivity index (χ1) is 12.9. The minimum Gasteiger partial charge on any atom is -0.348 e. The Hall–Kier alpha value is -2.41. The lowest BCUT2D eigenvalue weighted by molar-refractivity contribution is 0.0951. The zero-order chi connectivity index (χ0) is 19.6. The molecule has 2 aromatic heterocycles. The second-order valence-corrected chi connectivity index (χ2v) is 7.39. The van der Waals surface area contributed by atoms with Crippen molar-refractivity contribution in [3.8, 4) is 0 Å². The van der Waals surface area contributed by atoms with E-state index in [1.807, 2.05) is 60.6 Å². The molecule has 0 spiro atoms. The monoisotopic (exact) mass is 429 g/mol. The number of hydrogen-bond donors (Lipinski definition) is 1. The molecule has 1 N–H and O–H groups in total. The van der Waals surface area contributed by atoms with Gasteiger partial charge in [0.2, 0.25) is 0 Å². The molecule has 7 heteroatoms. The van der Waals surface area contributed by atoms with E-state index in [0.717, 1.165) is 39.2 Å². The van der Waals surface area contributed by atoms with Crippen LogP contribution in [0.4, 0.5) is 0 Å². The molecule has 3 rings (SSSR count). The highest BCUT2D eigenvalue weighted by molar-refractivity contribution is 9.10. The van der Waals surface area contributed by atoms with Crippen LogP contribution in [-0.4, -0.2) is 25.5 Å². The van der Waals surface area contributed by atoms with E-state index < -0.39 is 0 Å². The van der Waals surface area contributed by atoms with Crippen molar-refractivity contribution in [1.29, 1.82) is 0 Å². The second kappa shape index (κ2) is 8.08. The first kappa shape index (κ1) is 19.4. The summed E-state index contributed by atoms with van der Waals surface area (Å²) in [7, 11) is 0. The highest BCUT2D eigenvalue weighted by atomic mass is 79.9. The molecule has 6 nitrogen and oxygen atoms in total. The number of aromatic nitrogens is 4. The second-order valence-electron chi connectivity index (χ2n) is 6.59. The quantitative estimate of drug-likeness (QED) is 0.648. The number of rotatable bonds is 6. The van der Waals surface area contributed by atoms with Crippen LogP contribution in [0, 0.1) is 20.8 Å². The van der Waals surface area contributed by atoms with Gasteiger partial charge in [0.1, 0.15) is 0 Å². The Kier molecular flexibility index (Phi) is 5.79. The molecule has 0 saturated carbocycles. The Morgan fingerprint density at radius 2 is 1.81 bits per heavy atom. The van der Waals surface area contributed by atoms with Crippen LogP contribution >= 0.6 is 15.9 Å². The SMILES string of the molecule is CCn1ncc(CNC(=O)c2ccc(Cn3nc(C)c(Br)c3C)cc2)c1C. The van der Waals surface area contributed by atoms with E-state index in [-0.39, 0.29) is 5.91 Å². The number of amides is 1. The molecular weight excluding hydrogens is 406 g/mol. The number of carbonyl (C=O) groups excluding carboxylic acids is 1. The van der Waals surface area contributed by atoms with Gasteiger partial charge in [-0.05, 0) is 61.3 Å². The van der Waals surface area contributed by atoms with Gasteiger partial charge < -0.3 is 5.32 Å². The molecule has 0 atom stereocenters. The van der Waals surface area contributed by atoms with Gasteiger partial charge in [0, 0.05) is 29.9 Å². The fraction of sp³-hybridized carbons (Fsp3) is 0.350. The van der Waals surface area contributed by atoms with Crippen molar-refractivity contribution in [2.75, 3.05) is 0 Å². The van der Waals surface area contributed by atoms with Crippen LogP contribution in [0.5, 0.6) is 0 Å². The number of halogens is 1. The van der Waals surface area contributed by atoms with Crippen LogP contribution in [-0.2, 0) is 19.6 Å². The Morgan fingerprint density at radius 1 is 1.11 bits per heavy atom. The van der Waals surface area contributed by atoms with Crippen LogP contribution < -0.4 is 5.32 Å². The summed E-state index contributed by atoms with van der Waals surface area (Å²) in [4.78, 5) is 12.4. The molecule has 0 aliphatic heterocycles. The molecule has 27 heavy (non-hydrogen) atoms. The maximum atomic E-state index is 12.4. The summed E-state index contributed by atoms with van der Waals surface area (Å²) >= 11 is 3.55. The Bertz CT molecular complexity index is 956. The number of benzene rings is 1. The predicted octanol–water partition coefficient (Wildman–Crippen LogP) is 3.77. The minimum absolute atomic E-state index is 0.0842. The molecule has 142 valence electrons. The summed E-state index contributed by atoms with van der Waals surface area (Å²) in [5.74, 6) is -0.0842. The largest absolute Gasteiger partial charge is 0.348 e. The first-order valence-corrected chi connectivity index (χ1v) is 9.78. The molecule has 1 aromatic carbocycles. The summed E-state index contributed by atoms with van der Waals surface area (Å²) in [6.07, 6.45) is 1.81. The van der Waals surface area contributed by atoms with Crippen LogP contribution in [0.2, 0.25) is 0 Å². The third-order valence-corrected chi connectivity index (χ3v) is 5.93. The van der Waals surface area contributed by atoms with E-state index in [0.29, 0.717) is 18.7 Å². The number of aryl methyl sites for hydroxylation is 2. The summed E-state index contributed by atoms with van der Waals surface area (Å²) in [5.41, 5.74) is 5.95. The van der Waals surface area contributed by atoms with Gasteiger partial charge in [0.05, 0.1) is 28.6 Å². The summed E-state index contributed by atoms with van der Waals surface area (Å²) in [5, 5.41) is 11.8. The van der Waals surface area contributed by atoms with Gasteiger partial charge in [-0.2, -0.15) is 10.2 Å². The highest BCUT2D eigenvalue weighted by Crippen LogP contribution is 2.20. The molecule has 0 unspecified atom stereocenters. The van der Waals surface area contributed by atoms with Crippen molar-refractivity contribution in [1.82, 2.24) is 24.9 Å². The van der Waals surface area contributed by atoms with Crippen LogP contribution in [0.1, 0.15) is 45.5 Å². The molecule has 3 aromatic rings. The molecule has 0 bridgehead atoms. The zero-order valence-corrected chi connectivity index (χ0v) is 17.7. The van der Waals surface area contributed by atoms with E-state index in [1.54, 1.807) is 0 Å². The summed E-state index contributed by atoms with van der Waals surface area (Å²) in [6.45, 7) is 10.1. The van der Waals surface area contributed by atoms with Crippen LogP contribution in [0.3, 0.4) is 0 Å².